The lowest BCUT2D eigenvalue weighted by molar-refractivity contribution is -0.178. The number of carbonyl (C=O) groups excluding carboxylic acids is 1. The Kier molecular flexibility index (Phi) is 4.18. The third-order valence-corrected chi connectivity index (χ3v) is 2.79. The number of halogens is 1. The highest BCUT2D eigenvalue weighted by Crippen LogP contribution is 2.18. The summed E-state index contributed by atoms with van der Waals surface area (Å²) in [7, 11) is 0. The highest BCUT2D eigenvalue weighted by Gasteiger charge is 2.22. The highest BCUT2D eigenvalue weighted by atomic mass is 35.5. The lowest BCUT2D eigenvalue weighted by Crippen LogP contribution is -2.33. The Morgan fingerprint density at radius 3 is 3.08 bits per heavy atom. The summed E-state index contributed by atoms with van der Waals surface area (Å²) >= 11 is 6.99. The molecule has 1 heterocycles. The van der Waals surface area contributed by atoms with Gasteiger partial charge in [0.25, 0.3) is 0 Å². The number of rotatable bonds is 2. The van der Waals surface area contributed by atoms with Gasteiger partial charge in [-0.25, -0.2) is 0 Å². The highest BCUT2D eigenvalue weighted by molar-refractivity contribution is 7.99. The van der Waals surface area contributed by atoms with Crippen molar-refractivity contribution in [3.05, 3.63) is 0 Å². The van der Waals surface area contributed by atoms with E-state index in [0.29, 0.717) is 5.75 Å². The van der Waals surface area contributed by atoms with Crippen LogP contribution in [0, 0.1) is 0 Å². The second kappa shape index (κ2) is 4.94. The van der Waals surface area contributed by atoms with Crippen molar-refractivity contribution in [2.75, 3.05) is 17.4 Å². The first-order chi connectivity index (χ1) is 5.72. The molecule has 0 aliphatic carbocycles. The van der Waals surface area contributed by atoms with E-state index in [1.165, 1.54) is 0 Å². The standard InChI is InChI=1S/C7H11ClO3S/c1-5-3-12-4-7(10-5)11-6(9)2-8/h5,7H,2-4H2,1H3/t5-,7-/m0/s1. The van der Waals surface area contributed by atoms with Gasteiger partial charge in [-0.15, -0.1) is 11.6 Å². The minimum atomic E-state index is -0.420. The van der Waals surface area contributed by atoms with Gasteiger partial charge in [-0.3, -0.25) is 4.79 Å². The minimum Gasteiger partial charge on any atom is -0.434 e. The molecular formula is C7H11ClO3S. The summed E-state index contributed by atoms with van der Waals surface area (Å²) in [5, 5.41) is 0. The molecule has 0 aromatic rings. The van der Waals surface area contributed by atoms with E-state index in [2.05, 4.69) is 0 Å². The zero-order valence-corrected chi connectivity index (χ0v) is 8.36. The van der Waals surface area contributed by atoms with Gasteiger partial charge >= 0.3 is 5.97 Å². The van der Waals surface area contributed by atoms with Crippen molar-refractivity contribution < 1.29 is 14.3 Å². The summed E-state index contributed by atoms with van der Waals surface area (Å²) in [6.45, 7) is 1.95. The van der Waals surface area contributed by atoms with Gasteiger partial charge in [-0.2, -0.15) is 11.8 Å². The number of hydrogen-bond acceptors (Lipinski definition) is 4. The average molecular weight is 211 g/mol. The quantitative estimate of drug-likeness (QED) is 0.508. The Labute approximate surface area is 80.7 Å². The van der Waals surface area contributed by atoms with E-state index in [-0.39, 0.29) is 12.0 Å². The fourth-order valence-electron chi connectivity index (χ4n) is 0.908. The minimum absolute atomic E-state index is 0.112. The largest absolute Gasteiger partial charge is 0.434 e. The number of ether oxygens (including phenoxy) is 2. The van der Waals surface area contributed by atoms with Gasteiger partial charge in [0.15, 0.2) is 0 Å². The first-order valence-corrected chi connectivity index (χ1v) is 5.40. The summed E-state index contributed by atoms with van der Waals surface area (Å²) in [6, 6.07) is 0. The Morgan fingerprint density at radius 1 is 1.75 bits per heavy atom. The van der Waals surface area contributed by atoms with E-state index in [0.717, 1.165) is 5.75 Å². The van der Waals surface area contributed by atoms with Crippen LogP contribution in [0.25, 0.3) is 0 Å². The number of esters is 1. The molecule has 1 aliphatic rings. The Hall–Kier alpha value is 0.0700. The second-order valence-corrected chi connectivity index (χ2v) is 3.88. The molecule has 0 spiro atoms. The van der Waals surface area contributed by atoms with Crippen LogP contribution < -0.4 is 0 Å². The van der Waals surface area contributed by atoms with E-state index in [4.69, 9.17) is 21.1 Å². The number of carbonyl (C=O) groups is 1. The normalized spacial score (nSPS) is 29.8. The van der Waals surface area contributed by atoms with Gasteiger partial charge in [-0.05, 0) is 6.92 Å². The third kappa shape index (κ3) is 3.21. The molecular weight excluding hydrogens is 200 g/mol. The van der Waals surface area contributed by atoms with Crippen molar-refractivity contribution in [3.63, 3.8) is 0 Å². The molecule has 0 radical (unpaired) electrons. The molecule has 2 atom stereocenters. The van der Waals surface area contributed by atoms with Crippen LogP contribution in [0.5, 0.6) is 0 Å². The van der Waals surface area contributed by atoms with Crippen molar-refractivity contribution in [2.45, 2.75) is 19.3 Å². The van der Waals surface area contributed by atoms with E-state index in [9.17, 15) is 4.79 Å². The van der Waals surface area contributed by atoms with Crippen LogP contribution >= 0.6 is 23.4 Å². The molecule has 0 aromatic carbocycles. The van der Waals surface area contributed by atoms with Crippen molar-refractivity contribution in [2.24, 2.45) is 0 Å². The lowest BCUT2D eigenvalue weighted by atomic mass is 10.4. The van der Waals surface area contributed by atoms with Gasteiger partial charge in [0.1, 0.15) is 5.88 Å². The van der Waals surface area contributed by atoms with E-state index in [1.807, 2.05) is 6.92 Å². The maximum absolute atomic E-state index is 10.7. The van der Waals surface area contributed by atoms with Crippen LogP contribution in [-0.4, -0.2) is 35.7 Å². The van der Waals surface area contributed by atoms with Crippen LogP contribution in [-0.2, 0) is 14.3 Å². The topological polar surface area (TPSA) is 35.5 Å². The predicted octanol–water partition coefficient (Wildman–Crippen LogP) is 1.25. The van der Waals surface area contributed by atoms with Crippen molar-refractivity contribution in [1.82, 2.24) is 0 Å². The Bertz CT molecular complexity index is 165. The molecule has 0 amide bonds. The van der Waals surface area contributed by atoms with E-state index >= 15 is 0 Å². The maximum Gasteiger partial charge on any atom is 0.323 e. The van der Waals surface area contributed by atoms with Gasteiger partial charge in [0, 0.05) is 5.75 Å². The van der Waals surface area contributed by atoms with Gasteiger partial charge in [0.2, 0.25) is 6.29 Å². The molecule has 5 heteroatoms. The molecule has 1 fully saturated rings. The number of thioether (sulfide) groups is 1. The van der Waals surface area contributed by atoms with E-state index < -0.39 is 12.3 Å². The SMILES string of the molecule is C[C@H]1CSC[C@H](OC(=O)CCl)O1. The molecule has 3 nitrogen and oxygen atoms in total. The molecule has 1 rings (SSSR count). The monoisotopic (exact) mass is 210 g/mol. The first-order valence-electron chi connectivity index (χ1n) is 3.71. The third-order valence-electron chi connectivity index (χ3n) is 1.36. The van der Waals surface area contributed by atoms with E-state index in [1.54, 1.807) is 11.8 Å². The fourth-order valence-corrected chi connectivity index (χ4v) is 1.86. The summed E-state index contributed by atoms with van der Waals surface area (Å²) in [6.07, 6.45) is -0.262. The van der Waals surface area contributed by atoms with Crippen molar-refractivity contribution >= 4 is 29.3 Å². The summed E-state index contributed by atoms with van der Waals surface area (Å²) in [5.74, 6) is 1.12. The molecule has 1 aliphatic heterocycles. The zero-order chi connectivity index (χ0) is 8.97. The number of alkyl halides is 1. The summed E-state index contributed by atoms with van der Waals surface area (Å²) < 4.78 is 10.2. The predicted molar refractivity (Wildman–Crippen MR) is 48.5 cm³/mol. The molecule has 1 saturated heterocycles. The van der Waals surface area contributed by atoms with Gasteiger partial charge < -0.3 is 9.47 Å². The Morgan fingerprint density at radius 2 is 2.50 bits per heavy atom. The summed E-state index contributed by atoms with van der Waals surface area (Å²) in [4.78, 5) is 10.7. The van der Waals surface area contributed by atoms with Gasteiger partial charge in [0.05, 0.1) is 11.9 Å². The summed E-state index contributed by atoms with van der Waals surface area (Å²) in [5.41, 5.74) is 0. The van der Waals surface area contributed by atoms with Crippen LogP contribution in [0.2, 0.25) is 0 Å². The van der Waals surface area contributed by atoms with Crippen LogP contribution in [0.15, 0.2) is 0 Å². The zero-order valence-electron chi connectivity index (χ0n) is 6.79. The van der Waals surface area contributed by atoms with Gasteiger partial charge in [-0.1, -0.05) is 0 Å². The molecule has 0 unspecified atom stereocenters. The van der Waals surface area contributed by atoms with Crippen molar-refractivity contribution in [1.29, 1.82) is 0 Å². The lowest BCUT2D eigenvalue weighted by Gasteiger charge is -2.26. The number of hydrogen-bond donors (Lipinski definition) is 0. The van der Waals surface area contributed by atoms with Crippen LogP contribution in [0.1, 0.15) is 6.92 Å². The Balaban J connectivity index is 2.27. The fraction of sp³-hybridized carbons (Fsp3) is 0.857. The van der Waals surface area contributed by atoms with Crippen LogP contribution in [0.4, 0.5) is 0 Å². The first kappa shape index (κ1) is 10.2. The van der Waals surface area contributed by atoms with Crippen LogP contribution in [0.3, 0.4) is 0 Å². The van der Waals surface area contributed by atoms with Crippen molar-refractivity contribution in [3.8, 4) is 0 Å². The molecule has 0 aromatic heterocycles. The smallest absolute Gasteiger partial charge is 0.323 e. The molecule has 0 N–H and O–H groups in total. The molecule has 70 valence electrons. The maximum atomic E-state index is 10.7. The molecule has 12 heavy (non-hydrogen) atoms. The molecule has 0 saturated carbocycles. The second-order valence-electron chi connectivity index (χ2n) is 2.54. The molecule has 0 bridgehead atoms. The average Bonchev–Trinajstić information content (AvgIpc) is 2.04.